The molecule has 2 aromatic carbocycles. The molecule has 0 saturated heterocycles. The van der Waals surface area contributed by atoms with Crippen LogP contribution in [0.4, 0.5) is 23.7 Å². The fourth-order valence-electron chi connectivity index (χ4n) is 1.71. The minimum absolute atomic E-state index is 0.130. The van der Waals surface area contributed by atoms with Crippen LogP contribution in [0.1, 0.15) is 11.1 Å². The highest BCUT2D eigenvalue weighted by Gasteiger charge is 2.32. The van der Waals surface area contributed by atoms with Gasteiger partial charge in [-0.05, 0) is 18.2 Å². The Bertz CT molecular complexity index is 669. The SMILES string of the molecule is O=C(N/N=C/c1ccccc1C(F)(F)F)Nc1ccccc1. The van der Waals surface area contributed by atoms with Gasteiger partial charge in [-0.25, -0.2) is 10.2 Å². The molecule has 0 aromatic heterocycles. The molecule has 114 valence electrons. The molecule has 0 heterocycles. The van der Waals surface area contributed by atoms with Gasteiger partial charge in [0.1, 0.15) is 0 Å². The number of anilines is 1. The minimum Gasteiger partial charge on any atom is -0.307 e. The summed E-state index contributed by atoms with van der Waals surface area (Å²) in [4.78, 5) is 11.5. The number of amides is 2. The van der Waals surface area contributed by atoms with Gasteiger partial charge in [0.15, 0.2) is 0 Å². The van der Waals surface area contributed by atoms with Crippen molar-refractivity contribution < 1.29 is 18.0 Å². The van der Waals surface area contributed by atoms with Gasteiger partial charge in [0.2, 0.25) is 0 Å². The van der Waals surface area contributed by atoms with Crippen molar-refractivity contribution >= 4 is 17.9 Å². The average molecular weight is 307 g/mol. The quantitative estimate of drug-likeness (QED) is 0.656. The summed E-state index contributed by atoms with van der Waals surface area (Å²) in [5.41, 5.74) is 1.71. The van der Waals surface area contributed by atoms with Crippen LogP contribution in [0.5, 0.6) is 0 Å². The van der Waals surface area contributed by atoms with Crippen LogP contribution in [-0.4, -0.2) is 12.2 Å². The Hall–Kier alpha value is -2.83. The molecule has 2 rings (SSSR count). The van der Waals surface area contributed by atoms with Gasteiger partial charge >= 0.3 is 12.2 Å². The number of hydrazone groups is 1. The Morgan fingerprint density at radius 2 is 1.64 bits per heavy atom. The van der Waals surface area contributed by atoms with E-state index < -0.39 is 17.8 Å². The first kappa shape index (κ1) is 15.6. The van der Waals surface area contributed by atoms with Gasteiger partial charge in [0, 0.05) is 11.3 Å². The second-order valence-corrected chi connectivity index (χ2v) is 4.28. The number of carbonyl (C=O) groups is 1. The topological polar surface area (TPSA) is 53.5 Å². The predicted octanol–water partition coefficient (Wildman–Crippen LogP) is 3.86. The maximum absolute atomic E-state index is 12.8. The van der Waals surface area contributed by atoms with Crippen molar-refractivity contribution in [2.45, 2.75) is 6.18 Å². The van der Waals surface area contributed by atoms with Crippen LogP contribution in [-0.2, 0) is 6.18 Å². The zero-order chi connectivity index (χ0) is 16.0. The van der Waals surface area contributed by atoms with Gasteiger partial charge in [-0.3, -0.25) is 0 Å². The molecule has 2 N–H and O–H groups in total. The Morgan fingerprint density at radius 1 is 1.00 bits per heavy atom. The number of benzene rings is 2. The van der Waals surface area contributed by atoms with Gasteiger partial charge in [-0.15, -0.1) is 0 Å². The lowest BCUT2D eigenvalue weighted by atomic mass is 10.1. The summed E-state index contributed by atoms with van der Waals surface area (Å²) < 4.78 is 38.3. The second kappa shape index (κ2) is 6.75. The van der Waals surface area contributed by atoms with Gasteiger partial charge in [-0.2, -0.15) is 18.3 Å². The summed E-state index contributed by atoms with van der Waals surface area (Å²) in [5, 5.41) is 6.01. The van der Waals surface area contributed by atoms with Crippen molar-refractivity contribution in [1.29, 1.82) is 0 Å². The third-order valence-corrected chi connectivity index (χ3v) is 2.67. The lowest BCUT2D eigenvalue weighted by Crippen LogP contribution is -2.24. The minimum atomic E-state index is -4.48. The number of hydrogen-bond acceptors (Lipinski definition) is 2. The monoisotopic (exact) mass is 307 g/mol. The van der Waals surface area contributed by atoms with E-state index in [2.05, 4.69) is 15.8 Å². The number of carbonyl (C=O) groups excluding carboxylic acids is 1. The maximum Gasteiger partial charge on any atom is 0.417 e. The van der Waals surface area contributed by atoms with E-state index in [4.69, 9.17) is 0 Å². The van der Waals surface area contributed by atoms with Crippen molar-refractivity contribution in [3.8, 4) is 0 Å². The Balaban J connectivity index is 2.00. The first-order chi connectivity index (χ1) is 10.5. The van der Waals surface area contributed by atoms with Gasteiger partial charge < -0.3 is 5.32 Å². The van der Waals surface area contributed by atoms with Crippen molar-refractivity contribution in [1.82, 2.24) is 5.43 Å². The van der Waals surface area contributed by atoms with E-state index in [1.807, 2.05) is 0 Å². The van der Waals surface area contributed by atoms with Gasteiger partial charge in [-0.1, -0.05) is 36.4 Å². The van der Waals surface area contributed by atoms with E-state index in [0.717, 1.165) is 12.3 Å². The summed E-state index contributed by atoms with van der Waals surface area (Å²) in [5.74, 6) is 0. The van der Waals surface area contributed by atoms with Crippen LogP contribution in [0, 0.1) is 0 Å². The predicted molar refractivity (Wildman–Crippen MR) is 77.6 cm³/mol. The fraction of sp³-hybridized carbons (Fsp3) is 0.0667. The van der Waals surface area contributed by atoms with Crippen molar-refractivity contribution in [3.05, 3.63) is 65.7 Å². The molecule has 0 aliphatic heterocycles. The van der Waals surface area contributed by atoms with Crippen molar-refractivity contribution in [2.75, 3.05) is 5.32 Å². The lowest BCUT2D eigenvalue weighted by molar-refractivity contribution is -0.137. The Kier molecular flexibility index (Phi) is 4.77. The number of rotatable bonds is 3. The zero-order valence-electron chi connectivity index (χ0n) is 11.3. The molecule has 0 radical (unpaired) electrons. The Morgan fingerprint density at radius 3 is 2.32 bits per heavy atom. The first-order valence-electron chi connectivity index (χ1n) is 6.28. The number of hydrogen-bond donors (Lipinski definition) is 2. The van der Waals surface area contributed by atoms with Crippen molar-refractivity contribution in [3.63, 3.8) is 0 Å². The highest BCUT2D eigenvalue weighted by Crippen LogP contribution is 2.30. The van der Waals surface area contributed by atoms with Gasteiger partial charge in [0.05, 0.1) is 11.8 Å². The molecule has 7 heteroatoms. The summed E-state index contributed by atoms with van der Waals surface area (Å²) in [6.07, 6.45) is -3.53. The number of urea groups is 1. The maximum atomic E-state index is 12.8. The highest BCUT2D eigenvalue weighted by atomic mass is 19.4. The average Bonchev–Trinajstić information content (AvgIpc) is 2.48. The number of nitrogens with one attached hydrogen (secondary N) is 2. The van der Waals surface area contributed by atoms with E-state index in [9.17, 15) is 18.0 Å². The highest BCUT2D eigenvalue weighted by molar-refractivity contribution is 5.90. The smallest absolute Gasteiger partial charge is 0.307 e. The second-order valence-electron chi connectivity index (χ2n) is 4.28. The van der Waals surface area contributed by atoms with Crippen LogP contribution in [0.3, 0.4) is 0 Å². The van der Waals surface area contributed by atoms with Gasteiger partial charge in [0.25, 0.3) is 0 Å². The largest absolute Gasteiger partial charge is 0.417 e. The van der Waals surface area contributed by atoms with Crippen molar-refractivity contribution in [2.24, 2.45) is 5.10 Å². The van der Waals surface area contributed by atoms with E-state index in [1.165, 1.54) is 18.2 Å². The third kappa shape index (κ3) is 4.34. The molecule has 4 nitrogen and oxygen atoms in total. The molecular weight excluding hydrogens is 295 g/mol. The number of alkyl halides is 3. The lowest BCUT2D eigenvalue weighted by Gasteiger charge is -2.09. The molecule has 0 atom stereocenters. The zero-order valence-corrected chi connectivity index (χ0v) is 11.3. The normalized spacial score (nSPS) is 11.4. The Labute approximate surface area is 124 Å². The van der Waals surface area contributed by atoms with Crippen LogP contribution in [0.15, 0.2) is 59.7 Å². The van der Waals surface area contributed by atoms with Crippen LogP contribution in [0.25, 0.3) is 0 Å². The molecule has 0 bridgehead atoms. The molecule has 0 aliphatic rings. The molecule has 0 aliphatic carbocycles. The third-order valence-electron chi connectivity index (χ3n) is 2.67. The number of nitrogens with zero attached hydrogens (tertiary/aromatic N) is 1. The summed E-state index contributed by atoms with van der Waals surface area (Å²) in [6.45, 7) is 0. The standard InChI is InChI=1S/C15H12F3N3O/c16-15(17,18)13-9-5-4-6-11(13)10-19-21-14(22)20-12-7-2-1-3-8-12/h1-10H,(H2,20,21,22)/b19-10+. The van der Waals surface area contributed by atoms with E-state index >= 15 is 0 Å². The van der Waals surface area contributed by atoms with Crippen LogP contribution < -0.4 is 10.7 Å². The molecule has 0 fully saturated rings. The molecule has 2 amide bonds. The first-order valence-corrected chi connectivity index (χ1v) is 6.28. The molecule has 22 heavy (non-hydrogen) atoms. The summed E-state index contributed by atoms with van der Waals surface area (Å²) in [6, 6.07) is 12.9. The summed E-state index contributed by atoms with van der Waals surface area (Å²) in [7, 11) is 0. The van der Waals surface area contributed by atoms with Crippen LogP contribution >= 0.6 is 0 Å². The molecule has 0 spiro atoms. The number of para-hydroxylation sites is 1. The van der Waals surface area contributed by atoms with E-state index in [1.54, 1.807) is 30.3 Å². The van der Waals surface area contributed by atoms with E-state index in [-0.39, 0.29) is 5.56 Å². The number of halogens is 3. The fourth-order valence-corrected chi connectivity index (χ4v) is 1.71. The molecule has 0 saturated carbocycles. The molecular formula is C15H12F3N3O. The van der Waals surface area contributed by atoms with E-state index in [0.29, 0.717) is 5.69 Å². The summed E-state index contributed by atoms with van der Waals surface area (Å²) >= 11 is 0. The van der Waals surface area contributed by atoms with Crippen LogP contribution in [0.2, 0.25) is 0 Å². The molecule has 2 aromatic rings. The molecule has 0 unspecified atom stereocenters.